The Morgan fingerprint density at radius 1 is 0.205 bits per heavy atom. The first-order chi connectivity index (χ1) is 18.9. The molecule has 0 spiro atoms. The van der Waals surface area contributed by atoms with Crippen LogP contribution < -0.4 is 21.5 Å². The third kappa shape index (κ3) is 8.27. The Hall–Kier alpha value is -2.46. The van der Waals surface area contributed by atoms with E-state index in [-0.39, 0.29) is 19.5 Å². The van der Waals surface area contributed by atoms with Crippen LogP contribution in [0.25, 0.3) is 0 Å². The molecular formula is C36H30Sn2Zn. The molecule has 6 aromatic rings. The summed E-state index contributed by atoms with van der Waals surface area (Å²) in [5, 5.41) is 0. The fourth-order valence-corrected chi connectivity index (χ4v) is 19.3. The van der Waals surface area contributed by atoms with Crippen LogP contribution in [0.15, 0.2) is 182 Å². The minimum absolute atomic E-state index is 0. The monoisotopic (exact) mass is 766 g/mol. The van der Waals surface area contributed by atoms with Gasteiger partial charge in [-0.05, 0) is 0 Å². The molecule has 0 aromatic heterocycles. The zero-order chi connectivity index (χ0) is 25.8. The molecule has 6 rings (SSSR count). The van der Waals surface area contributed by atoms with Gasteiger partial charge in [-0.15, -0.1) is 0 Å². The van der Waals surface area contributed by atoms with Gasteiger partial charge in [0.05, 0.1) is 0 Å². The molecule has 0 saturated carbocycles. The molecule has 0 unspecified atom stereocenters. The molecule has 6 aromatic carbocycles. The Morgan fingerprint density at radius 3 is 0.462 bits per heavy atom. The molecule has 3 heteroatoms. The van der Waals surface area contributed by atoms with E-state index in [9.17, 15) is 0 Å². The van der Waals surface area contributed by atoms with E-state index in [1.165, 1.54) is 21.5 Å². The normalized spacial score (nSPS) is 10.3. The van der Waals surface area contributed by atoms with Gasteiger partial charge in [0.15, 0.2) is 0 Å². The molecule has 0 aliphatic rings. The third-order valence-electron chi connectivity index (χ3n) is 6.37. The summed E-state index contributed by atoms with van der Waals surface area (Å²) in [5.74, 6) is 0. The summed E-state index contributed by atoms with van der Waals surface area (Å²) in [7, 11) is 0. The summed E-state index contributed by atoms with van der Waals surface area (Å²) in [6.07, 6.45) is 0. The fraction of sp³-hybridized carbons (Fsp3) is 0. The summed E-state index contributed by atoms with van der Waals surface area (Å²) in [4.78, 5) is 0. The van der Waals surface area contributed by atoms with Gasteiger partial charge in [0.25, 0.3) is 0 Å². The van der Waals surface area contributed by atoms with E-state index in [4.69, 9.17) is 0 Å². The Kier molecular flexibility index (Phi) is 12.1. The Bertz CT molecular complexity index is 1170. The maximum atomic E-state index is 2.29. The summed E-state index contributed by atoms with van der Waals surface area (Å²) in [6.45, 7) is 0. The molecule has 0 heterocycles. The van der Waals surface area contributed by atoms with Gasteiger partial charge in [0.2, 0.25) is 0 Å². The topological polar surface area (TPSA) is 0 Å². The van der Waals surface area contributed by atoms with Crippen molar-refractivity contribution in [2.75, 3.05) is 0 Å². The van der Waals surface area contributed by atoms with Crippen molar-refractivity contribution < 1.29 is 19.5 Å². The standard InChI is InChI=1S/6C6H5.2Sn.Zn/c6*1-2-4-6-5-3-1;;;/h6*1-5H;;;. The van der Waals surface area contributed by atoms with Gasteiger partial charge in [0, 0.05) is 19.5 Å². The molecule has 2 radical (unpaired) electrons. The average molecular weight is 765 g/mol. The van der Waals surface area contributed by atoms with E-state index >= 15 is 0 Å². The van der Waals surface area contributed by atoms with Crippen LogP contribution in [0.3, 0.4) is 0 Å². The molecule has 0 saturated heterocycles. The van der Waals surface area contributed by atoms with Gasteiger partial charge in [-0.1, -0.05) is 0 Å². The van der Waals surface area contributed by atoms with Crippen molar-refractivity contribution in [2.24, 2.45) is 0 Å². The fourth-order valence-electron chi connectivity index (χ4n) is 4.63. The molecular weight excluding hydrogens is 735 g/mol. The van der Waals surface area contributed by atoms with E-state index < -0.39 is 39.5 Å². The average Bonchev–Trinajstić information content (AvgIpc) is 3.01. The first-order valence-corrected chi connectivity index (χ1v) is 21.5. The molecule has 0 bridgehead atoms. The molecule has 0 nitrogen and oxygen atoms in total. The zero-order valence-electron chi connectivity index (χ0n) is 22.0. The van der Waals surface area contributed by atoms with E-state index in [0.717, 1.165) is 0 Å². The van der Waals surface area contributed by atoms with Crippen LogP contribution >= 0.6 is 0 Å². The van der Waals surface area contributed by atoms with Crippen molar-refractivity contribution in [2.45, 2.75) is 0 Å². The Labute approximate surface area is 260 Å². The number of hydrogen-bond donors (Lipinski definition) is 0. The quantitative estimate of drug-likeness (QED) is 0.221. The van der Waals surface area contributed by atoms with E-state index in [1.54, 1.807) is 0 Å². The first-order valence-electron chi connectivity index (χ1n) is 13.0. The van der Waals surface area contributed by atoms with Crippen molar-refractivity contribution in [3.05, 3.63) is 182 Å². The van der Waals surface area contributed by atoms with Crippen molar-refractivity contribution in [1.29, 1.82) is 0 Å². The SMILES string of the molecule is [Zn].c1cc[c]([Sn]([c]2ccccc2)[c]2ccccc2)cc1.c1cc[c]([Sn]([c]2ccccc2)[c]2ccccc2)cc1. The maximum absolute atomic E-state index is 2.29. The van der Waals surface area contributed by atoms with Crippen LogP contribution in [-0.2, 0) is 19.5 Å². The zero-order valence-corrected chi connectivity index (χ0v) is 30.7. The molecule has 0 amide bonds. The van der Waals surface area contributed by atoms with Gasteiger partial charge >= 0.3 is 243 Å². The van der Waals surface area contributed by atoms with E-state index in [0.29, 0.717) is 0 Å². The summed E-state index contributed by atoms with van der Waals surface area (Å²) in [5.41, 5.74) is 0. The second-order valence-corrected chi connectivity index (χ2v) is 23.1. The summed E-state index contributed by atoms with van der Waals surface area (Å²) >= 11 is -3.96. The predicted octanol–water partition coefficient (Wildman–Crippen LogP) is 4.40. The number of benzene rings is 6. The molecule has 0 aliphatic carbocycles. The van der Waals surface area contributed by atoms with Crippen LogP contribution in [0.2, 0.25) is 0 Å². The molecule has 184 valence electrons. The van der Waals surface area contributed by atoms with Gasteiger partial charge in [-0.25, -0.2) is 0 Å². The third-order valence-corrected chi connectivity index (χ3v) is 22.0. The van der Waals surface area contributed by atoms with Crippen molar-refractivity contribution in [3.8, 4) is 0 Å². The van der Waals surface area contributed by atoms with E-state index in [1.807, 2.05) is 0 Å². The number of hydrogen-bond acceptors (Lipinski definition) is 0. The van der Waals surface area contributed by atoms with Gasteiger partial charge in [0.1, 0.15) is 0 Å². The second kappa shape index (κ2) is 16.0. The van der Waals surface area contributed by atoms with E-state index in [2.05, 4.69) is 182 Å². The predicted molar refractivity (Wildman–Crippen MR) is 168 cm³/mol. The first kappa shape index (κ1) is 29.5. The Balaban J connectivity index is 0.000000176. The molecule has 0 aliphatic heterocycles. The van der Waals surface area contributed by atoms with Gasteiger partial charge < -0.3 is 0 Å². The summed E-state index contributed by atoms with van der Waals surface area (Å²) < 4.78 is 9.18. The van der Waals surface area contributed by atoms with Crippen molar-refractivity contribution in [3.63, 3.8) is 0 Å². The van der Waals surface area contributed by atoms with Gasteiger partial charge in [-0.2, -0.15) is 0 Å². The van der Waals surface area contributed by atoms with Crippen LogP contribution in [0, 0.1) is 0 Å². The molecule has 0 fully saturated rings. The van der Waals surface area contributed by atoms with Crippen LogP contribution in [0.1, 0.15) is 0 Å². The molecule has 0 atom stereocenters. The van der Waals surface area contributed by atoms with Crippen molar-refractivity contribution >= 4 is 61.0 Å². The van der Waals surface area contributed by atoms with Crippen LogP contribution in [0.4, 0.5) is 0 Å². The van der Waals surface area contributed by atoms with Crippen LogP contribution in [-0.4, -0.2) is 39.5 Å². The Morgan fingerprint density at radius 2 is 0.333 bits per heavy atom. The van der Waals surface area contributed by atoms with Gasteiger partial charge in [-0.3, -0.25) is 0 Å². The van der Waals surface area contributed by atoms with Crippen molar-refractivity contribution in [1.82, 2.24) is 0 Å². The number of rotatable bonds is 6. The molecule has 39 heavy (non-hydrogen) atoms. The minimum atomic E-state index is -1.98. The molecule has 0 N–H and O–H groups in total. The second-order valence-electron chi connectivity index (χ2n) is 8.95. The summed E-state index contributed by atoms with van der Waals surface area (Å²) in [6, 6.07) is 65.9. The van der Waals surface area contributed by atoms with Crippen LogP contribution in [0.5, 0.6) is 0 Å².